The molecule has 2 aromatic heterocycles. The standard InChI is InChI=1S/C19H18ClNO3S2/c20-15-5-3-14(4-6-15)12-26(23)13-16-7-8-18(24-16)19(22)21-10-9-17-2-1-11-25-17/h1-8,11H,9-10,12-13H2,(H,21,22)/t26-/m1/s1. The first-order valence-electron chi connectivity index (χ1n) is 8.09. The van der Waals surface area contributed by atoms with Gasteiger partial charge in [0, 0.05) is 33.0 Å². The number of halogens is 1. The lowest BCUT2D eigenvalue weighted by atomic mass is 10.2. The Morgan fingerprint density at radius 3 is 2.65 bits per heavy atom. The number of nitrogens with one attached hydrogen (secondary N) is 1. The molecule has 2 heterocycles. The summed E-state index contributed by atoms with van der Waals surface area (Å²) in [6.45, 7) is 0.553. The molecule has 0 aliphatic rings. The SMILES string of the molecule is O=C(NCCc1cccs1)c1ccc(C[S@](=O)Cc2ccc(Cl)cc2)o1. The van der Waals surface area contributed by atoms with E-state index in [1.165, 1.54) is 4.88 Å². The highest BCUT2D eigenvalue weighted by Crippen LogP contribution is 2.15. The molecule has 4 nitrogen and oxygen atoms in total. The molecule has 0 saturated carbocycles. The van der Waals surface area contributed by atoms with Crippen molar-refractivity contribution in [3.8, 4) is 0 Å². The normalized spacial score (nSPS) is 12.0. The molecule has 3 aromatic rings. The number of hydrogen-bond acceptors (Lipinski definition) is 4. The third-order valence-electron chi connectivity index (χ3n) is 3.67. The fraction of sp³-hybridized carbons (Fsp3) is 0.211. The molecule has 0 saturated heterocycles. The third kappa shape index (κ3) is 5.56. The minimum atomic E-state index is -1.12. The largest absolute Gasteiger partial charge is 0.455 e. The van der Waals surface area contributed by atoms with Crippen molar-refractivity contribution in [2.45, 2.75) is 17.9 Å². The summed E-state index contributed by atoms with van der Waals surface area (Å²) in [6, 6.07) is 14.6. The van der Waals surface area contributed by atoms with Gasteiger partial charge in [0.2, 0.25) is 0 Å². The minimum absolute atomic E-state index is 0.245. The average molecular weight is 408 g/mol. The van der Waals surface area contributed by atoms with E-state index in [-0.39, 0.29) is 17.4 Å². The van der Waals surface area contributed by atoms with E-state index in [1.807, 2.05) is 29.6 Å². The predicted molar refractivity (Wildman–Crippen MR) is 106 cm³/mol. The van der Waals surface area contributed by atoms with Crippen molar-refractivity contribution in [3.63, 3.8) is 0 Å². The maximum atomic E-state index is 12.3. The molecule has 0 spiro atoms. The van der Waals surface area contributed by atoms with E-state index in [2.05, 4.69) is 5.32 Å². The van der Waals surface area contributed by atoms with E-state index < -0.39 is 10.8 Å². The van der Waals surface area contributed by atoms with Crippen LogP contribution in [0, 0.1) is 0 Å². The molecule has 0 bridgehead atoms. The van der Waals surface area contributed by atoms with Crippen LogP contribution in [0.15, 0.2) is 58.3 Å². The summed E-state index contributed by atoms with van der Waals surface area (Å²) in [6.07, 6.45) is 0.794. The zero-order chi connectivity index (χ0) is 18.4. The monoisotopic (exact) mass is 407 g/mol. The maximum Gasteiger partial charge on any atom is 0.287 e. The second kappa shape index (κ2) is 9.16. The highest BCUT2D eigenvalue weighted by Gasteiger charge is 2.13. The summed E-state index contributed by atoms with van der Waals surface area (Å²) in [4.78, 5) is 13.3. The van der Waals surface area contributed by atoms with Gasteiger partial charge in [-0.3, -0.25) is 9.00 Å². The molecule has 1 amide bonds. The first-order valence-corrected chi connectivity index (χ1v) is 10.8. The summed E-state index contributed by atoms with van der Waals surface area (Å²) >= 11 is 7.51. The lowest BCUT2D eigenvalue weighted by molar-refractivity contribution is 0.0925. The van der Waals surface area contributed by atoms with E-state index in [4.69, 9.17) is 16.0 Å². The van der Waals surface area contributed by atoms with Crippen molar-refractivity contribution in [2.24, 2.45) is 0 Å². The number of rotatable bonds is 8. The molecule has 3 rings (SSSR count). The van der Waals surface area contributed by atoms with Gasteiger partial charge >= 0.3 is 0 Å². The summed E-state index contributed by atoms with van der Waals surface area (Å²) in [7, 11) is -1.12. The third-order valence-corrected chi connectivity index (χ3v) is 6.12. The van der Waals surface area contributed by atoms with Crippen molar-refractivity contribution in [2.75, 3.05) is 6.54 Å². The van der Waals surface area contributed by atoms with Crippen LogP contribution in [-0.2, 0) is 28.7 Å². The van der Waals surface area contributed by atoms with E-state index in [0.29, 0.717) is 23.1 Å². The van der Waals surface area contributed by atoms with Crippen LogP contribution >= 0.6 is 22.9 Å². The summed E-state index contributed by atoms with van der Waals surface area (Å²) < 4.78 is 17.8. The Morgan fingerprint density at radius 2 is 1.92 bits per heavy atom. The van der Waals surface area contributed by atoms with Crippen molar-refractivity contribution in [1.29, 1.82) is 0 Å². The molecule has 1 N–H and O–H groups in total. The van der Waals surface area contributed by atoms with Crippen LogP contribution in [-0.4, -0.2) is 16.7 Å². The lowest BCUT2D eigenvalue weighted by Gasteiger charge is -2.03. The number of thiophene rings is 1. The predicted octanol–water partition coefficient (Wildman–Crippen LogP) is 4.42. The second-order valence-corrected chi connectivity index (χ2v) is 8.63. The van der Waals surface area contributed by atoms with Crippen LogP contribution in [0.3, 0.4) is 0 Å². The molecule has 1 atom stereocenters. The quantitative estimate of drug-likeness (QED) is 0.601. The van der Waals surface area contributed by atoms with Gasteiger partial charge in [0.05, 0.1) is 5.75 Å². The summed E-state index contributed by atoms with van der Waals surface area (Å²) in [5, 5.41) is 5.50. The van der Waals surface area contributed by atoms with E-state index in [9.17, 15) is 9.00 Å². The van der Waals surface area contributed by atoms with Crippen molar-refractivity contribution in [1.82, 2.24) is 5.32 Å². The Kier molecular flexibility index (Phi) is 6.66. The Hall–Kier alpha value is -1.89. The molecule has 0 unspecified atom stereocenters. The molecule has 0 aliphatic heterocycles. The molecule has 0 radical (unpaired) electrons. The van der Waals surface area contributed by atoms with Gasteiger partial charge in [-0.25, -0.2) is 0 Å². The van der Waals surface area contributed by atoms with Crippen LogP contribution in [0.2, 0.25) is 5.02 Å². The Morgan fingerprint density at radius 1 is 1.12 bits per heavy atom. The van der Waals surface area contributed by atoms with Gasteiger partial charge < -0.3 is 9.73 Å². The maximum absolute atomic E-state index is 12.3. The lowest BCUT2D eigenvalue weighted by Crippen LogP contribution is -2.25. The number of hydrogen-bond donors (Lipinski definition) is 1. The molecule has 136 valence electrons. The van der Waals surface area contributed by atoms with Crippen molar-refractivity contribution in [3.05, 3.63) is 80.9 Å². The molecule has 26 heavy (non-hydrogen) atoms. The van der Waals surface area contributed by atoms with Crippen LogP contribution in [0.4, 0.5) is 0 Å². The zero-order valence-electron chi connectivity index (χ0n) is 13.9. The van der Waals surface area contributed by atoms with Crippen LogP contribution in [0.5, 0.6) is 0 Å². The first-order chi connectivity index (χ1) is 12.6. The molecule has 1 aromatic carbocycles. The number of furan rings is 1. The van der Waals surface area contributed by atoms with E-state index in [0.717, 1.165) is 12.0 Å². The van der Waals surface area contributed by atoms with Crippen molar-refractivity contribution >= 4 is 39.6 Å². The van der Waals surface area contributed by atoms with Crippen LogP contribution in [0.1, 0.15) is 26.8 Å². The van der Waals surface area contributed by atoms with Gasteiger partial charge in [0.25, 0.3) is 5.91 Å². The zero-order valence-corrected chi connectivity index (χ0v) is 16.3. The summed E-state index contributed by atoms with van der Waals surface area (Å²) in [5.41, 5.74) is 0.950. The van der Waals surface area contributed by atoms with Gasteiger partial charge in [-0.15, -0.1) is 11.3 Å². The molecule has 0 fully saturated rings. The Labute approximate surface area is 163 Å². The van der Waals surface area contributed by atoms with Crippen LogP contribution in [0.25, 0.3) is 0 Å². The van der Waals surface area contributed by atoms with E-state index in [1.54, 1.807) is 35.6 Å². The molecular formula is C19H18ClNO3S2. The van der Waals surface area contributed by atoms with Gasteiger partial charge in [0.1, 0.15) is 5.76 Å². The number of carbonyl (C=O) groups excluding carboxylic acids is 1. The van der Waals surface area contributed by atoms with Gasteiger partial charge in [-0.05, 0) is 47.7 Å². The first kappa shape index (κ1) is 18.9. The second-order valence-electron chi connectivity index (χ2n) is 5.71. The number of benzene rings is 1. The number of carbonyl (C=O) groups is 1. The molecular weight excluding hydrogens is 390 g/mol. The summed E-state index contributed by atoms with van der Waals surface area (Å²) in [5.74, 6) is 1.22. The van der Waals surface area contributed by atoms with Crippen LogP contribution < -0.4 is 5.32 Å². The minimum Gasteiger partial charge on any atom is -0.455 e. The average Bonchev–Trinajstić information content (AvgIpc) is 3.29. The molecule has 0 aliphatic carbocycles. The highest BCUT2D eigenvalue weighted by atomic mass is 35.5. The fourth-order valence-corrected chi connectivity index (χ4v) is 4.37. The molecule has 7 heteroatoms. The van der Waals surface area contributed by atoms with Crippen molar-refractivity contribution < 1.29 is 13.4 Å². The topological polar surface area (TPSA) is 59.3 Å². The van der Waals surface area contributed by atoms with E-state index >= 15 is 0 Å². The Bertz CT molecular complexity index is 873. The smallest absolute Gasteiger partial charge is 0.287 e. The highest BCUT2D eigenvalue weighted by molar-refractivity contribution is 7.83. The van der Waals surface area contributed by atoms with Gasteiger partial charge in [-0.1, -0.05) is 29.8 Å². The Balaban J connectivity index is 1.48. The fourth-order valence-electron chi connectivity index (χ4n) is 2.39. The number of amides is 1. The van der Waals surface area contributed by atoms with Gasteiger partial charge in [0.15, 0.2) is 5.76 Å². The van der Waals surface area contributed by atoms with Gasteiger partial charge in [-0.2, -0.15) is 0 Å².